The lowest BCUT2D eigenvalue weighted by molar-refractivity contribution is -0.113. The normalized spacial score (nSPS) is 13.8. The van der Waals surface area contributed by atoms with E-state index in [1.165, 1.54) is 23.9 Å². The van der Waals surface area contributed by atoms with Crippen LogP contribution in [0, 0.1) is 5.82 Å². The van der Waals surface area contributed by atoms with Gasteiger partial charge in [-0.2, -0.15) is 0 Å². The van der Waals surface area contributed by atoms with Crippen molar-refractivity contribution < 1.29 is 13.7 Å². The molecular weight excluding hydrogens is 291 g/mol. The number of aryl methyl sites for hydroxylation is 1. The van der Waals surface area contributed by atoms with Gasteiger partial charge in [0.2, 0.25) is 11.8 Å². The van der Waals surface area contributed by atoms with E-state index >= 15 is 0 Å². The molecule has 21 heavy (non-hydrogen) atoms. The summed E-state index contributed by atoms with van der Waals surface area (Å²) in [5.74, 6) is 0.307. The van der Waals surface area contributed by atoms with E-state index in [0.29, 0.717) is 5.88 Å². The molecule has 2 aromatic rings. The maximum atomic E-state index is 12.8. The fourth-order valence-corrected chi connectivity index (χ4v) is 3.03. The summed E-state index contributed by atoms with van der Waals surface area (Å²) in [7, 11) is 0. The zero-order valence-electron chi connectivity index (χ0n) is 11.4. The molecule has 1 aromatic carbocycles. The quantitative estimate of drug-likeness (QED) is 0.879. The van der Waals surface area contributed by atoms with Gasteiger partial charge in [-0.3, -0.25) is 10.1 Å². The lowest BCUT2D eigenvalue weighted by atomic mass is 9.98. The Morgan fingerprint density at radius 1 is 1.29 bits per heavy atom. The number of hydrogen-bond acceptors (Lipinski definition) is 4. The first-order valence-electron chi connectivity index (χ1n) is 6.88. The number of hydrogen-bond donors (Lipinski definition) is 1. The van der Waals surface area contributed by atoms with Crippen LogP contribution in [0.2, 0.25) is 0 Å². The number of fused-ring (bicyclic) bond motifs is 1. The molecule has 0 saturated carbocycles. The third-order valence-corrected chi connectivity index (χ3v) is 4.41. The molecule has 0 atom stereocenters. The molecule has 1 aromatic heterocycles. The number of anilines is 1. The monoisotopic (exact) mass is 306 g/mol. The Balaban J connectivity index is 1.57. The summed E-state index contributed by atoms with van der Waals surface area (Å²) in [5.41, 5.74) is 1.99. The number of nitrogens with one attached hydrogen (secondary N) is 1. The molecule has 0 radical (unpaired) electrons. The minimum Gasteiger partial charge on any atom is -0.338 e. The molecule has 1 N–H and O–H groups in total. The van der Waals surface area contributed by atoms with Crippen LogP contribution in [0.3, 0.4) is 0 Å². The molecule has 6 heteroatoms. The molecule has 1 aliphatic rings. The van der Waals surface area contributed by atoms with Crippen molar-refractivity contribution in [3.8, 4) is 0 Å². The average molecular weight is 306 g/mol. The van der Waals surface area contributed by atoms with Crippen LogP contribution in [0.25, 0.3) is 0 Å². The van der Waals surface area contributed by atoms with Crippen molar-refractivity contribution in [3.63, 3.8) is 0 Å². The van der Waals surface area contributed by atoms with Gasteiger partial charge in [-0.15, -0.1) is 11.8 Å². The molecule has 0 bridgehead atoms. The maximum Gasteiger partial charge on any atom is 0.237 e. The zero-order chi connectivity index (χ0) is 14.7. The van der Waals surface area contributed by atoms with Gasteiger partial charge in [-0.05, 0) is 49.9 Å². The number of thioether (sulfide) groups is 1. The molecule has 0 unspecified atom stereocenters. The summed E-state index contributed by atoms with van der Waals surface area (Å²) < 4.78 is 18.0. The number of amides is 1. The molecule has 1 heterocycles. The van der Waals surface area contributed by atoms with Gasteiger partial charge in [0.05, 0.1) is 11.4 Å². The molecule has 1 aliphatic carbocycles. The summed E-state index contributed by atoms with van der Waals surface area (Å²) in [6, 6.07) is 6.08. The van der Waals surface area contributed by atoms with Crippen LogP contribution in [0.4, 0.5) is 10.3 Å². The fraction of sp³-hybridized carbons (Fsp3) is 0.333. The van der Waals surface area contributed by atoms with Crippen LogP contribution < -0.4 is 5.32 Å². The molecule has 1 amide bonds. The number of rotatable bonds is 4. The first-order chi connectivity index (χ1) is 10.2. The second kappa shape index (κ2) is 6.30. The third kappa shape index (κ3) is 3.44. The Bertz CT molecular complexity index is 640. The summed E-state index contributed by atoms with van der Waals surface area (Å²) in [6.07, 6.45) is 4.04. The van der Waals surface area contributed by atoms with Crippen LogP contribution in [0.15, 0.2) is 33.7 Å². The van der Waals surface area contributed by atoms with Gasteiger partial charge in [0.15, 0.2) is 0 Å². The minimum atomic E-state index is -0.280. The summed E-state index contributed by atoms with van der Waals surface area (Å²) in [4.78, 5) is 12.8. The van der Waals surface area contributed by atoms with Gasteiger partial charge < -0.3 is 4.52 Å². The number of carbonyl (C=O) groups excluding carboxylic acids is 1. The molecule has 0 aliphatic heterocycles. The Kier molecular flexibility index (Phi) is 4.24. The van der Waals surface area contributed by atoms with Crippen molar-refractivity contribution in [1.82, 2.24) is 5.16 Å². The van der Waals surface area contributed by atoms with Gasteiger partial charge in [0.25, 0.3) is 0 Å². The zero-order valence-corrected chi connectivity index (χ0v) is 12.2. The average Bonchev–Trinajstić information content (AvgIpc) is 2.90. The SMILES string of the molecule is O=C(CSc1ccc(F)cc1)Nc1onc2c1CCCC2. The van der Waals surface area contributed by atoms with Gasteiger partial charge in [0.1, 0.15) is 5.82 Å². The predicted molar refractivity (Wildman–Crippen MR) is 78.9 cm³/mol. The van der Waals surface area contributed by atoms with Crippen LogP contribution >= 0.6 is 11.8 Å². The van der Waals surface area contributed by atoms with E-state index in [-0.39, 0.29) is 17.5 Å². The number of nitrogens with zero attached hydrogens (tertiary/aromatic N) is 1. The molecule has 110 valence electrons. The standard InChI is InChI=1S/C15H15FN2O2S/c16-10-5-7-11(8-6-10)21-9-14(19)17-15-12-3-1-2-4-13(12)18-20-15/h5-8H,1-4,9H2,(H,17,19). The molecule has 0 spiro atoms. The first-order valence-corrected chi connectivity index (χ1v) is 7.86. The maximum absolute atomic E-state index is 12.8. The van der Waals surface area contributed by atoms with E-state index in [0.717, 1.165) is 41.8 Å². The van der Waals surface area contributed by atoms with Crippen molar-refractivity contribution in [2.45, 2.75) is 30.6 Å². The van der Waals surface area contributed by atoms with E-state index < -0.39 is 0 Å². The van der Waals surface area contributed by atoms with Crippen LogP contribution in [-0.2, 0) is 17.6 Å². The Hall–Kier alpha value is -1.82. The second-order valence-electron chi connectivity index (χ2n) is 4.93. The second-order valence-corrected chi connectivity index (χ2v) is 5.98. The molecule has 3 rings (SSSR count). The van der Waals surface area contributed by atoms with Crippen molar-refractivity contribution in [2.75, 3.05) is 11.1 Å². The highest BCUT2D eigenvalue weighted by Crippen LogP contribution is 2.27. The summed E-state index contributed by atoms with van der Waals surface area (Å²) in [5, 5.41) is 6.77. The predicted octanol–water partition coefficient (Wildman–Crippen LogP) is 3.42. The number of halogens is 1. The largest absolute Gasteiger partial charge is 0.338 e. The number of carbonyl (C=O) groups is 1. The summed E-state index contributed by atoms with van der Waals surface area (Å²) in [6.45, 7) is 0. The molecule has 0 fully saturated rings. The van der Waals surface area contributed by atoms with Gasteiger partial charge in [-0.25, -0.2) is 4.39 Å². The highest BCUT2D eigenvalue weighted by molar-refractivity contribution is 8.00. The third-order valence-electron chi connectivity index (χ3n) is 3.40. The van der Waals surface area contributed by atoms with Gasteiger partial charge >= 0.3 is 0 Å². The minimum absolute atomic E-state index is 0.145. The fourth-order valence-electron chi connectivity index (χ4n) is 2.33. The number of aromatic nitrogens is 1. The Morgan fingerprint density at radius 3 is 2.86 bits per heavy atom. The van der Waals surface area contributed by atoms with Crippen LogP contribution in [0.1, 0.15) is 24.1 Å². The molecule has 0 saturated heterocycles. The van der Waals surface area contributed by atoms with Gasteiger partial charge in [-0.1, -0.05) is 5.16 Å². The van der Waals surface area contributed by atoms with Gasteiger partial charge in [0, 0.05) is 10.5 Å². The smallest absolute Gasteiger partial charge is 0.237 e. The Morgan fingerprint density at radius 2 is 2.05 bits per heavy atom. The van der Waals surface area contributed by atoms with Crippen molar-refractivity contribution in [2.24, 2.45) is 0 Å². The van der Waals surface area contributed by atoms with Crippen LogP contribution in [-0.4, -0.2) is 16.8 Å². The number of benzene rings is 1. The van der Waals surface area contributed by atoms with E-state index in [1.807, 2.05) is 0 Å². The highest BCUT2D eigenvalue weighted by atomic mass is 32.2. The lowest BCUT2D eigenvalue weighted by Crippen LogP contribution is -2.15. The van der Waals surface area contributed by atoms with Crippen molar-refractivity contribution >= 4 is 23.6 Å². The Labute approximate surface area is 126 Å². The van der Waals surface area contributed by atoms with Crippen LogP contribution in [0.5, 0.6) is 0 Å². The van der Waals surface area contributed by atoms with E-state index in [1.54, 1.807) is 12.1 Å². The van der Waals surface area contributed by atoms with E-state index in [2.05, 4.69) is 10.5 Å². The van der Waals surface area contributed by atoms with Crippen molar-refractivity contribution in [3.05, 3.63) is 41.3 Å². The lowest BCUT2D eigenvalue weighted by Gasteiger charge is -2.09. The topological polar surface area (TPSA) is 55.1 Å². The van der Waals surface area contributed by atoms with E-state index in [9.17, 15) is 9.18 Å². The van der Waals surface area contributed by atoms with Crippen molar-refractivity contribution in [1.29, 1.82) is 0 Å². The molecular formula is C15H15FN2O2S. The van der Waals surface area contributed by atoms with E-state index in [4.69, 9.17) is 4.52 Å². The first kappa shape index (κ1) is 14.1. The summed E-state index contributed by atoms with van der Waals surface area (Å²) >= 11 is 1.36. The molecule has 4 nitrogen and oxygen atoms in total. The highest BCUT2D eigenvalue weighted by Gasteiger charge is 2.20.